The summed E-state index contributed by atoms with van der Waals surface area (Å²) in [6.45, 7) is 4.24. The summed E-state index contributed by atoms with van der Waals surface area (Å²) in [4.78, 5) is 0. The first-order valence-corrected chi connectivity index (χ1v) is 5.16. The highest BCUT2D eigenvalue weighted by Gasteiger charge is 2.08. The lowest BCUT2D eigenvalue weighted by molar-refractivity contribution is 1.34. The Labute approximate surface area is 106 Å². The van der Waals surface area contributed by atoms with Crippen molar-refractivity contribution < 1.29 is 0 Å². The summed E-state index contributed by atoms with van der Waals surface area (Å²) in [6.07, 6.45) is 1.73. The third-order valence-corrected chi connectivity index (χ3v) is 2.21. The summed E-state index contributed by atoms with van der Waals surface area (Å²) in [5, 5.41) is 29.6. The minimum absolute atomic E-state index is 0.0928. The molecular formula is C14H10N4. The Bertz CT molecular complexity index is 573. The lowest BCUT2D eigenvalue weighted by Gasteiger charge is -2.04. The molecule has 86 valence electrons. The summed E-state index contributed by atoms with van der Waals surface area (Å²) in [5.41, 5.74) is 1.35. The van der Waals surface area contributed by atoms with Crippen molar-refractivity contribution in [2.24, 2.45) is 0 Å². The predicted molar refractivity (Wildman–Crippen MR) is 68.9 cm³/mol. The molecule has 1 aromatic rings. The van der Waals surface area contributed by atoms with Gasteiger partial charge in [-0.25, -0.2) is 0 Å². The van der Waals surface area contributed by atoms with E-state index in [9.17, 15) is 0 Å². The number of anilines is 1. The second kappa shape index (κ2) is 6.53. The zero-order valence-corrected chi connectivity index (χ0v) is 9.64. The number of nitrogens with one attached hydrogen (secondary N) is 1. The van der Waals surface area contributed by atoms with E-state index in [2.05, 4.69) is 11.9 Å². The molecule has 0 aliphatic heterocycles. The molecular weight excluding hydrogens is 224 g/mol. The highest BCUT2D eigenvalue weighted by Crippen LogP contribution is 2.19. The van der Waals surface area contributed by atoms with E-state index in [0.717, 1.165) is 5.69 Å². The maximum atomic E-state index is 8.98. The topological polar surface area (TPSA) is 83.4 Å². The molecule has 0 atom stereocenters. The molecule has 4 heteroatoms. The highest BCUT2D eigenvalue weighted by atomic mass is 14.8. The highest BCUT2D eigenvalue weighted by molar-refractivity contribution is 5.84. The number of nitriles is 3. The van der Waals surface area contributed by atoms with Crippen LogP contribution in [0.25, 0.3) is 5.57 Å². The van der Waals surface area contributed by atoms with Crippen LogP contribution in [0.15, 0.2) is 42.5 Å². The summed E-state index contributed by atoms with van der Waals surface area (Å²) < 4.78 is 0. The number of hydrogen-bond donors (Lipinski definition) is 1. The van der Waals surface area contributed by atoms with Gasteiger partial charge in [-0.05, 0) is 17.7 Å². The molecule has 0 saturated heterocycles. The van der Waals surface area contributed by atoms with Gasteiger partial charge in [0.05, 0.1) is 5.57 Å². The van der Waals surface area contributed by atoms with E-state index in [4.69, 9.17) is 15.8 Å². The van der Waals surface area contributed by atoms with Gasteiger partial charge >= 0.3 is 0 Å². The van der Waals surface area contributed by atoms with Gasteiger partial charge in [-0.15, -0.1) is 6.58 Å². The maximum absolute atomic E-state index is 8.98. The van der Waals surface area contributed by atoms with E-state index in [1.807, 2.05) is 6.07 Å². The average Bonchev–Trinajstić information content (AvgIpc) is 2.43. The fourth-order valence-corrected chi connectivity index (χ4v) is 1.35. The molecule has 1 aromatic carbocycles. The largest absolute Gasteiger partial charge is 0.382 e. The van der Waals surface area contributed by atoms with Crippen LogP contribution in [0.5, 0.6) is 0 Å². The molecule has 18 heavy (non-hydrogen) atoms. The first-order valence-electron chi connectivity index (χ1n) is 5.16. The van der Waals surface area contributed by atoms with Gasteiger partial charge in [0.2, 0.25) is 0 Å². The van der Waals surface area contributed by atoms with Gasteiger partial charge < -0.3 is 5.32 Å². The normalized spacial score (nSPS) is 8.28. The zero-order valence-electron chi connectivity index (χ0n) is 9.64. The number of hydrogen-bond acceptors (Lipinski definition) is 4. The average molecular weight is 234 g/mol. The molecule has 0 spiro atoms. The molecule has 4 nitrogen and oxygen atoms in total. The van der Waals surface area contributed by atoms with Crippen LogP contribution in [-0.2, 0) is 0 Å². The molecule has 0 unspecified atom stereocenters. The number of nitrogens with zero attached hydrogens (tertiary/aromatic N) is 3. The summed E-state index contributed by atoms with van der Waals surface area (Å²) in [5.74, 6) is 0. The van der Waals surface area contributed by atoms with Crippen molar-refractivity contribution in [3.63, 3.8) is 0 Å². The van der Waals surface area contributed by atoms with Crippen LogP contribution in [0.4, 0.5) is 5.69 Å². The van der Waals surface area contributed by atoms with Crippen LogP contribution in [0.2, 0.25) is 0 Å². The second-order valence-corrected chi connectivity index (χ2v) is 3.33. The number of rotatable bonds is 4. The first-order chi connectivity index (χ1) is 8.76. The maximum Gasteiger partial charge on any atom is 0.148 e. The smallest absolute Gasteiger partial charge is 0.148 e. The van der Waals surface area contributed by atoms with Crippen molar-refractivity contribution in [1.29, 1.82) is 15.8 Å². The molecule has 0 amide bonds. The Kier molecular flexibility index (Phi) is 4.73. The Hall–Kier alpha value is -3.03. The molecule has 0 aliphatic carbocycles. The van der Waals surface area contributed by atoms with Crippen LogP contribution in [0, 0.1) is 34.0 Å². The molecule has 1 N–H and O–H groups in total. The van der Waals surface area contributed by atoms with Crippen LogP contribution < -0.4 is 5.32 Å². The van der Waals surface area contributed by atoms with Crippen molar-refractivity contribution in [3.05, 3.63) is 48.1 Å². The van der Waals surface area contributed by atoms with Crippen LogP contribution in [-0.4, -0.2) is 6.54 Å². The quantitative estimate of drug-likeness (QED) is 0.641. The van der Waals surface area contributed by atoms with Crippen molar-refractivity contribution in [1.82, 2.24) is 0 Å². The van der Waals surface area contributed by atoms with Gasteiger partial charge in [-0.1, -0.05) is 18.2 Å². The van der Waals surface area contributed by atoms with Gasteiger partial charge in [0.1, 0.15) is 23.8 Å². The lowest BCUT2D eigenvalue weighted by atomic mass is 10.0. The van der Waals surface area contributed by atoms with Crippen molar-refractivity contribution >= 4 is 11.3 Å². The van der Waals surface area contributed by atoms with Gasteiger partial charge in [0.15, 0.2) is 0 Å². The Balaban J connectivity index is 3.09. The predicted octanol–water partition coefficient (Wildman–Crippen LogP) is 2.61. The van der Waals surface area contributed by atoms with E-state index in [1.165, 1.54) is 0 Å². The number of benzene rings is 1. The van der Waals surface area contributed by atoms with E-state index in [1.54, 1.807) is 42.5 Å². The SMILES string of the molecule is C=CCNc1ccc(C(C#N)=C(C#N)C#N)cc1. The number of allylic oxidation sites excluding steroid dienone is 2. The van der Waals surface area contributed by atoms with E-state index < -0.39 is 0 Å². The molecule has 0 aromatic heterocycles. The van der Waals surface area contributed by atoms with Crippen LogP contribution >= 0.6 is 0 Å². The second-order valence-electron chi connectivity index (χ2n) is 3.33. The summed E-state index contributed by atoms with van der Waals surface area (Å²) in [7, 11) is 0. The van der Waals surface area contributed by atoms with Crippen molar-refractivity contribution in [2.75, 3.05) is 11.9 Å². The molecule has 0 saturated carbocycles. The molecule has 0 radical (unpaired) electrons. The van der Waals surface area contributed by atoms with Gasteiger partial charge in [-0.3, -0.25) is 0 Å². The Morgan fingerprint density at radius 3 is 2.17 bits per heavy atom. The third kappa shape index (κ3) is 2.98. The van der Waals surface area contributed by atoms with Gasteiger partial charge in [0.25, 0.3) is 0 Å². The van der Waals surface area contributed by atoms with Crippen molar-refractivity contribution in [3.8, 4) is 18.2 Å². The minimum Gasteiger partial charge on any atom is -0.382 e. The Morgan fingerprint density at radius 1 is 1.11 bits per heavy atom. The summed E-state index contributed by atoms with van der Waals surface area (Å²) >= 11 is 0. The fraction of sp³-hybridized carbons (Fsp3) is 0.0714. The van der Waals surface area contributed by atoms with E-state index in [-0.39, 0.29) is 11.1 Å². The molecule has 0 aliphatic rings. The zero-order chi connectivity index (χ0) is 13.4. The monoisotopic (exact) mass is 234 g/mol. The van der Waals surface area contributed by atoms with E-state index in [0.29, 0.717) is 12.1 Å². The standard InChI is InChI=1S/C14H10N4/c1-2-7-18-13-5-3-11(4-6-13)14(10-17)12(8-15)9-16/h2-6,18H,1,7H2. The van der Waals surface area contributed by atoms with E-state index >= 15 is 0 Å². The molecule has 0 fully saturated rings. The van der Waals surface area contributed by atoms with Crippen LogP contribution in [0.3, 0.4) is 0 Å². The van der Waals surface area contributed by atoms with Gasteiger partial charge in [-0.2, -0.15) is 15.8 Å². The molecule has 0 heterocycles. The molecule has 0 bridgehead atoms. The molecule has 1 rings (SSSR count). The first kappa shape index (κ1) is 13.0. The lowest BCUT2D eigenvalue weighted by Crippen LogP contribution is -1.97. The summed E-state index contributed by atoms with van der Waals surface area (Å²) in [6, 6.07) is 12.3. The fourth-order valence-electron chi connectivity index (χ4n) is 1.35. The minimum atomic E-state index is -0.177. The third-order valence-electron chi connectivity index (χ3n) is 2.21. The Morgan fingerprint density at radius 2 is 1.72 bits per heavy atom. The van der Waals surface area contributed by atoms with Crippen molar-refractivity contribution in [2.45, 2.75) is 0 Å². The van der Waals surface area contributed by atoms with Crippen LogP contribution in [0.1, 0.15) is 5.56 Å². The van der Waals surface area contributed by atoms with Gasteiger partial charge in [0, 0.05) is 12.2 Å².